The van der Waals surface area contributed by atoms with Crippen molar-refractivity contribution in [1.82, 2.24) is 4.90 Å². The van der Waals surface area contributed by atoms with E-state index in [9.17, 15) is 17.6 Å². The Morgan fingerprint density at radius 2 is 1.64 bits per heavy atom. The summed E-state index contributed by atoms with van der Waals surface area (Å²) in [6, 6.07) is 15.5. The highest BCUT2D eigenvalue weighted by Gasteiger charge is 2.20. The van der Waals surface area contributed by atoms with Crippen molar-refractivity contribution in [2.75, 3.05) is 6.54 Å². The minimum atomic E-state index is -4.14. The maximum atomic E-state index is 13.2. The van der Waals surface area contributed by atoms with Crippen molar-refractivity contribution in [1.29, 1.82) is 0 Å². The van der Waals surface area contributed by atoms with Crippen LogP contribution in [0.1, 0.15) is 29.8 Å². The molecule has 0 N–H and O–H groups in total. The molecule has 0 saturated carbocycles. The van der Waals surface area contributed by atoms with Crippen molar-refractivity contribution in [3.8, 4) is 5.75 Å². The van der Waals surface area contributed by atoms with Gasteiger partial charge in [-0.05, 0) is 66.1 Å². The number of nitrogens with zero attached hydrogens (tertiary/aromatic N) is 1. The highest BCUT2D eigenvalue weighted by molar-refractivity contribution is 7.87. The Hall–Kier alpha value is -2.61. The third-order valence-corrected chi connectivity index (χ3v) is 6.26. The van der Waals surface area contributed by atoms with Gasteiger partial charge in [-0.3, -0.25) is 4.79 Å². The van der Waals surface area contributed by atoms with Gasteiger partial charge in [0.25, 0.3) is 5.91 Å². The van der Waals surface area contributed by atoms with Gasteiger partial charge in [0.2, 0.25) is 0 Å². The quantitative estimate of drug-likeness (QED) is 0.339. The monoisotopic (exact) mass is 509 g/mol. The number of hydrogen-bond donors (Lipinski definition) is 0. The Morgan fingerprint density at radius 1 is 1.00 bits per heavy atom. The van der Waals surface area contributed by atoms with Gasteiger partial charge in [0, 0.05) is 28.7 Å². The molecular weight excluding hydrogens is 488 g/mol. The summed E-state index contributed by atoms with van der Waals surface area (Å²) in [5, 5.41) is 0.716. The molecule has 33 heavy (non-hydrogen) atoms. The fourth-order valence-electron chi connectivity index (χ4n) is 3.21. The molecule has 0 aliphatic rings. The highest BCUT2D eigenvalue weighted by atomic mass is 35.5. The molecule has 5 nitrogen and oxygen atoms in total. The Labute approximate surface area is 202 Å². The molecule has 0 spiro atoms. The Morgan fingerprint density at radius 3 is 2.24 bits per heavy atom. The molecule has 0 atom stereocenters. The molecular formula is C24H22Cl2FNO4S. The lowest BCUT2D eigenvalue weighted by atomic mass is 10.1. The zero-order chi connectivity index (χ0) is 24.2. The summed E-state index contributed by atoms with van der Waals surface area (Å²) >= 11 is 12.1. The van der Waals surface area contributed by atoms with Gasteiger partial charge in [-0.1, -0.05) is 49.2 Å². The van der Waals surface area contributed by atoms with E-state index >= 15 is 0 Å². The lowest BCUT2D eigenvalue weighted by molar-refractivity contribution is 0.0722. The fourth-order valence-corrected chi connectivity index (χ4v) is 4.66. The second kappa shape index (κ2) is 10.5. The molecule has 9 heteroatoms. The van der Waals surface area contributed by atoms with Crippen LogP contribution in [0.2, 0.25) is 10.0 Å². The van der Waals surface area contributed by atoms with E-state index in [0.717, 1.165) is 24.3 Å². The van der Waals surface area contributed by atoms with Gasteiger partial charge in [0.05, 0.1) is 0 Å². The van der Waals surface area contributed by atoms with Crippen LogP contribution in [0, 0.1) is 11.7 Å². The Kier molecular flexibility index (Phi) is 8.00. The largest absolute Gasteiger partial charge is 0.379 e. The van der Waals surface area contributed by atoms with E-state index in [2.05, 4.69) is 0 Å². The van der Waals surface area contributed by atoms with Crippen LogP contribution in [0.3, 0.4) is 0 Å². The molecule has 0 bridgehead atoms. The number of carbonyl (C=O) groups is 1. The molecule has 0 saturated heterocycles. The van der Waals surface area contributed by atoms with E-state index in [1.54, 1.807) is 41.3 Å². The first-order valence-corrected chi connectivity index (χ1v) is 12.2. The molecule has 1 amide bonds. The topological polar surface area (TPSA) is 63.7 Å². The first-order valence-electron chi connectivity index (χ1n) is 10.1. The average Bonchev–Trinajstić information content (AvgIpc) is 2.72. The van der Waals surface area contributed by atoms with Crippen molar-refractivity contribution in [3.63, 3.8) is 0 Å². The number of benzene rings is 3. The number of rotatable bonds is 8. The van der Waals surface area contributed by atoms with Crippen LogP contribution in [0.15, 0.2) is 71.6 Å². The summed E-state index contributed by atoms with van der Waals surface area (Å²) < 4.78 is 43.4. The highest BCUT2D eigenvalue weighted by Crippen LogP contribution is 2.24. The van der Waals surface area contributed by atoms with Crippen LogP contribution in [0.5, 0.6) is 5.75 Å². The lowest BCUT2D eigenvalue weighted by Gasteiger charge is -2.25. The predicted octanol–water partition coefficient (Wildman–Crippen LogP) is 6.20. The third kappa shape index (κ3) is 6.93. The molecule has 3 aromatic rings. The van der Waals surface area contributed by atoms with Crippen LogP contribution in [-0.4, -0.2) is 25.8 Å². The summed E-state index contributed by atoms with van der Waals surface area (Å²) in [6.45, 7) is 4.65. The molecule has 174 valence electrons. The summed E-state index contributed by atoms with van der Waals surface area (Å²) in [7, 11) is -4.14. The number of hydrogen-bond acceptors (Lipinski definition) is 4. The average molecular weight is 510 g/mol. The van der Waals surface area contributed by atoms with E-state index in [4.69, 9.17) is 27.4 Å². The van der Waals surface area contributed by atoms with Gasteiger partial charge >= 0.3 is 10.1 Å². The molecule has 0 radical (unpaired) electrons. The minimum Gasteiger partial charge on any atom is -0.379 e. The van der Waals surface area contributed by atoms with Crippen LogP contribution >= 0.6 is 23.2 Å². The minimum absolute atomic E-state index is 0.0829. The Bertz CT molecular complexity index is 1230. The molecule has 3 rings (SSSR count). The Balaban J connectivity index is 1.83. The van der Waals surface area contributed by atoms with Gasteiger partial charge in [0.1, 0.15) is 16.5 Å². The molecule has 0 aromatic heterocycles. The predicted molar refractivity (Wildman–Crippen MR) is 127 cm³/mol. The second-order valence-corrected chi connectivity index (χ2v) is 10.3. The summed E-state index contributed by atoms with van der Waals surface area (Å²) in [6.07, 6.45) is 0. The second-order valence-electron chi connectivity index (χ2n) is 7.88. The first kappa shape index (κ1) is 25.0. The standard InChI is InChI=1S/C24H22Cl2FNO4S/c1-16(2)14-28(24(29)18-11-19(25)13-20(26)12-18)15-17-4-3-5-22(10-17)32-33(30,31)23-8-6-21(27)7-9-23/h3-13,16H,14-15H2,1-2H3. The molecule has 0 fully saturated rings. The smallest absolute Gasteiger partial charge is 0.339 e. The number of halogens is 3. The van der Waals surface area contributed by atoms with E-state index < -0.39 is 15.9 Å². The van der Waals surface area contributed by atoms with E-state index in [-0.39, 0.29) is 29.0 Å². The van der Waals surface area contributed by atoms with Crippen LogP contribution in [0.25, 0.3) is 0 Å². The zero-order valence-electron chi connectivity index (χ0n) is 18.0. The summed E-state index contributed by atoms with van der Waals surface area (Å²) in [5.74, 6) is -0.535. The van der Waals surface area contributed by atoms with Crippen LogP contribution < -0.4 is 4.18 Å². The number of amides is 1. The maximum absolute atomic E-state index is 13.2. The normalized spacial score (nSPS) is 11.5. The third-order valence-electron chi connectivity index (χ3n) is 4.56. The molecule has 0 unspecified atom stereocenters. The first-order chi connectivity index (χ1) is 15.5. The van der Waals surface area contributed by atoms with Gasteiger partial charge in [0.15, 0.2) is 0 Å². The fraction of sp³-hybridized carbons (Fsp3) is 0.208. The van der Waals surface area contributed by atoms with Crippen molar-refractivity contribution in [2.45, 2.75) is 25.3 Å². The zero-order valence-corrected chi connectivity index (χ0v) is 20.3. The van der Waals surface area contributed by atoms with Gasteiger partial charge in [-0.25, -0.2) is 4.39 Å². The van der Waals surface area contributed by atoms with Crippen molar-refractivity contribution >= 4 is 39.2 Å². The molecule has 3 aromatic carbocycles. The lowest BCUT2D eigenvalue weighted by Crippen LogP contribution is -2.33. The SMILES string of the molecule is CC(C)CN(Cc1cccc(OS(=O)(=O)c2ccc(F)cc2)c1)C(=O)c1cc(Cl)cc(Cl)c1. The van der Waals surface area contributed by atoms with Crippen LogP contribution in [-0.2, 0) is 16.7 Å². The number of carbonyl (C=O) groups excluding carboxylic acids is 1. The van der Waals surface area contributed by atoms with E-state index in [1.807, 2.05) is 13.8 Å². The van der Waals surface area contributed by atoms with Crippen molar-refractivity contribution in [3.05, 3.63) is 93.7 Å². The molecule has 0 aliphatic carbocycles. The molecule has 0 heterocycles. The maximum Gasteiger partial charge on any atom is 0.339 e. The van der Waals surface area contributed by atoms with E-state index in [0.29, 0.717) is 27.7 Å². The molecule has 0 aliphatic heterocycles. The van der Waals surface area contributed by atoms with Gasteiger partial charge < -0.3 is 9.08 Å². The van der Waals surface area contributed by atoms with Crippen molar-refractivity contribution in [2.24, 2.45) is 5.92 Å². The van der Waals surface area contributed by atoms with Gasteiger partial charge in [-0.15, -0.1) is 0 Å². The van der Waals surface area contributed by atoms with Gasteiger partial charge in [-0.2, -0.15) is 8.42 Å². The van der Waals surface area contributed by atoms with E-state index in [1.165, 1.54) is 6.07 Å². The van der Waals surface area contributed by atoms with Crippen molar-refractivity contribution < 1.29 is 21.8 Å². The summed E-state index contributed by atoms with van der Waals surface area (Å²) in [5.41, 5.74) is 1.03. The van der Waals surface area contributed by atoms with Crippen LogP contribution in [0.4, 0.5) is 4.39 Å². The summed E-state index contributed by atoms with van der Waals surface area (Å²) in [4.78, 5) is 14.6.